The molecular weight excluding hydrogens is 310 g/mol. The van der Waals surface area contributed by atoms with E-state index in [1.165, 1.54) is 5.56 Å². The second-order valence-electron chi connectivity index (χ2n) is 4.56. The zero-order valence-electron chi connectivity index (χ0n) is 11.0. The Balaban J connectivity index is 1.94. The fourth-order valence-electron chi connectivity index (χ4n) is 1.98. The zero-order valence-corrected chi connectivity index (χ0v) is 12.5. The SMILES string of the molecule is OCCCCNCc1cc(Br)c2c(c1)OCCCO2. The van der Waals surface area contributed by atoms with Crippen LogP contribution in [-0.4, -0.2) is 31.5 Å². The fourth-order valence-corrected chi connectivity index (χ4v) is 2.58. The summed E-state index contributed by atoms with van der Waals surface area (Å²) < 4.78 is 12.3. The first-order valence-electron chi connectivity index (χ1n) is 6.71. The Hall–Kier alpha value is -0.780. The molecule has 1 aromatic rings. The van der Waals surface area contributed by atoms with Crippen LogP contribution in [0.2, 0.25) is 0 Å². The van der Waals surface area contributed by atoms with Crippen LogP contribution < -0.4 is 14.8 Å². The Bertz CT molecular complexity index is 412. The summed E-state index contributed by atoms with van der Waals surface area (Å²) in [7, 11) is 0. The Labute approximate surface area is 122 Å². The van der Waals surface area contributed by atoms with Gasteiger partial charge in [-0.3, -0.25) is 0 Å². The van der Waals surface area contributed by atoms with Crippen LogP contribution in [-0.2, 0) is 6.54 Å². The van der Waals surface area contributed by atoms with E-state index in [4.69, 9.17) is 14.6 Å². The molecule has 0 atom stereocenters. The van der Waals surface area contributed by atoms with Gasteiger partial charge >= 0.3 is 0 Å². The third-order valence-electron chi connectivity index (χ3n) is 2.95. The molecule has 1 aliphatic rings. The number of benzene rings is 1. The molecule has 0 saturated carbocycles. The van der Waals surface area contributed by atoms with Gasteiger partial charge in [-0.15, -0.1) is 0 Å². The van der Waals surface area contributed by atoms with Crippen molar-refractivity contribution in [3.63, 3.8) is 0 Å². The molecule has 5 heteroatoms. The van der Waals surface area contributed by atoms with E-state index in [2.05, 4.69) is 27.3 Å². The standard InChI is InChI=1S/C14H20BrNO3/c15-12-8-11(10-16-4-1-2-5-17)9-13-14(12)19-7-3-6-18-13/h8-9,16-17H,1-7,10H2. The lowest BCUT2D eigenvalue weighted by molar-refractivity contribution is 0.283. The average Bonchev–Trinajstić information content (AvgIpc) is 2.64. The Morgan fingerprint density at radius 3 is 2.89 bits per heavy atom. The molecule has 2 N–H and O–H groups in total. The molecule has 0 fully saturated rings. The maximum Gasteiger partial charge on any atom is 0.175 e. The smallest absolute Gasteiger partial charge is 0.175 e. The molecule has 1 heterocycles. The summed E-state index contributed by atoms with van der Waals surface area (Å²) in [6.45, 7) is 3.36. The predicted octanol–water partition coefficient (Wildman–Crippen LogP) is 2.47. The molecule has 4 nitrogen and oxygen atoms in total. The van der Waals surface area contributed by atoms with Gasteiger partial charge in [0.05, 0.1) is 17.7 Å². The lowest BCUT2D eigenvalue weighted by Gasteiger charge is -2.12. The van der Waals surface area contributed by atoms with E-state index in [0.717, 1.165) is 48.3 Å². The van der Waals surface area contributed by atoms with Gasteiger partial charge in [-0.2, -0.15) is 0 Å². The summed E-state index contributed by atoms with van der Waals surface area (Å²) in [6, 6.07) is 4.09. The van der Waals surface area contributed by atoms with Crippen LogP contribution in [0.25, 0.3) is 0 Å². The first-order valence-corrected chi connectivity index (χ1v) is 7.50. The van der Waals surface area contributed by atoms with Crippen LogP contribution in [0.4, 0.5) is 0 Å². The molecule has 1 aromatic carbocycles. The second-order valence-corrected chi connectivity index (χ2v) is 5.42. The van der Waals surface area contributed by atoms with Crippen LogP contribution in [0.3, 0.4) is 0 Å². The van der Waals surface area contributed by atoms with Crippen LogP contribution in [0, 0.1) is 0 Å². The molecule has 0 spiro atoms. The van der Waals surface area contributed by atoms with Gasteiger partial charge in [-0.1, -0.05) is 0 Å². The molecule has 1 aliphatic heterocycles. The quantitative estimate of drug-likeness (QED) is 0.787. The number of hydrogen-bond donors (Lipinski definition) is 2. The normalized spacial score (nSPS) is 14.2. The van der Waals surface area contributed by atoms with E-state index >= 15 is 0 Å². The van der Waals surface area contributed by atoms with Crippen molar-refractivity contribution in [3.8, 4) is 11.5 Å². The third kappa shape index (κ3) is 4.37. The van der Waals surface area contributed by atoms with Gasteiger partial charge in [-0.25, -0.2) is 0 Å². The number of aliphatic hydroxyl groups is 1. The molecular formula is C14H20BrNO3. The van der Waals surface area contributed by atoms with Gasteiger partial charge in [0.15, 0.2) is 11.5 Å². The maximum absolute atomic E-state index is 8.71. The van der Waals surface area contributed by atoms with Crippen LogP contribution >= 0.6 is 15.9 Å². The molecule has 0 amide bonds. The molecule has 0 saturated heterocycles. The Kier molecular flexibility index (Phi) is 5.94. The number of ether oxygens (including phenoxy) is 2. The minimum absolute atomic E-state index is 0.261. The number of unbranched alkanes of at least 4 members (excludes halogenated alkanes) is 1. The number of nitrogens with one attached hydrogen (secondary N) is 1. The van der Waals surface area contributed by atoms with Gasteiger partial charge in [0, 0.05) is 19.6 Å². The molecule has 0 radical (unpaired) electrons. The van der Waals surface area contributed by atoms with Crippen molar-refractivity contribution in [2.75, 3.05) is 26.4 Å². The summed E-state index contributed by atoms with van der Waals surface area (Å²) in [5.74, 6) is 1.63. The van der Waals surface area contributed by atoms with E-state index < -0.39 is 0 Å². The van der Waals surface area contributed by atoms with Crippen LogP contribution in [0.1, 0.15) is 24.8 Å². The van der Waals surface area contributed by atoms with E-state index in [9.17, 15) is 0 Å². The van der Waals surface area contributed by atoms with Crippen molar-refractivity contribution in [3.05, 3.63) is 22.2 Å². The van der Waals surface area contributed by atoms with Gasteiger partial charge in [0.25, 0.3) is 0 Å². The topological polar surface area (TPSA) is 50.7 Å². The summed E-state index contributed by atoms with van der Waals surface area (Å²) in [6.07, 6.45) is 2.75. The largest absolute Gasteiger partial charge is 0.490 e. The number of halogens is 1. The number of hydrogen-bond acceptors (Lipinski definition) is 4. The van der Waals surface area contributed by atoms with Crippen molar-refractivity contribution in [1.82, 2.24) is 5.32 Å². The highest BCUT2D eigenvalue weighted by atomic mass is 79.9. The highest BCUT2D eigenvalue weighted by Gasteiger charge is 2.14. The number of aliphatic hydroxyl groups excluding tert-OH is 1. The molecule has 106 valence electrons. The average molecular weight is 330 g/mol. The summed E-state index contributed by atoms with van der Waals surface area (Å²) >= 11 is 3.54. The van der Waals surface area contributed by atoms with Crippen molar-refractivity contribution < 1.29 is 14.6 Å². The Morgan fingerprint density at radius 1 is 1.21 bits per heavy atom. The van der Waals surface area contributed by atoms with Gasteiger partial charge in [0.1, 0.15) is 0 Å². The summed E-state index contributed by atoms with van der Waals surface area (Å²) in [5.41, 5.74) is 1.17. The highest BCUT2D eigenvalue weighted by molar-refractivity contribution is 9.10. The lowest BCUT2D eigenvalue weighted by atomic mass is 10.2. The molecule has 2 rings (SSSR count). The van der Waals surface area contributed by atoms with Crippen LogP contribution in [0.5, 0.6) is 11.5 Å². The van der Waals surface area contributed by atoms with Gasteiger partial charge in [0.2, 0.25) is 0 Å². The van der Waals surface area contributed by atoms with E-state index in [-0.39, 0.29) is 6.61 Å². The van der Waals surface area contributed by atoms with Crippen molar-refractivity contribution in [1.29, 1.82) is 0 Å². The van der Waals surface area contributed by atoms with E-state index in [1.54, 1.807) is 0 Å². The van der Waals surface area contributed by atoms with Gasteiger partial charge < -0.3 is 19.9 Å². The second kappa shape index (κ2) is 7.72. The monoisotopic (exact) mass is 329 g/mol. The summed E-state index contributed by atoms with van der Waals surface area (Å²) in [5, 5.41) is 12.1. The first kappa shape index (κ1) is 14.6. The van der Waals surface area contributed by atoms with E-state index in [0.29, 0.717) is 13.2 Å². The lowest BCUT2D eigenvalue weighted by Crippen LogP contribution is -2.15. The molecule has 0 aromatic heterocycles. The number of rotatable bonds is 6. The molecule has 19 heavy (non-hydrogen) atoms. The van der Waals surface area contributed by atoms with Gasteiger partial charge in [-0.05, 0) is 53.0 Å². The van der Waals surface area contributed by atoms with Crippen molar-refractivity contribution >= 4 is 15.9 Å². The third-order valence-corrected chi connectivity index (χ3v) is 3.54. The van der Waals surface area contributed by atoms with E-state index in [1.807, 2.05) is 6.07 Å². The predicted molar refractivity (Wildman–Crippen MR) is 77.8 cm³/mol. The molecule has 0 bridgehead atoms. The molecule has 0 unspecified atom stereocenters. The zero-order chi connectivity index (χ0) is 13.5. The number of fused-ring (bicyclic) bond motifs is 1. The first-order chi connectivity index (χ1) is 9.31. The van der Waals surface area contributed by atoms with Crippen LogP contribution in [0.15, 0.2) is 16.6 Å². The minimum Gasteiger partial charge on any atom is -0.490 e. The van der Waals surface area contributed by atoms with Crippen molar-refractivity contribution in [2.24, 2.45) is 0 Å². The minimum atomic E-state index is 0.261. The highest BCUT2D eigenvalue weighted by Crippen LogP contribution is 2.38. The summed E-state index contributed by atoms with van der Waals surface area (Å²) in [4.78, 5) is 0. The Morgan fingerprint density at radius 2 is 2.05 bits per heavy atom. The maximum atomic E-state index is 8.71. The molecule has 0 aliphatic carbocycles. The fraction of sp³-hybridized carbons (Fsp3) is 0.571. The van der Waals surface area contributed by atoms with Crippen molar-refractivity contribution in [2.45, 2.75) is 25.8 Å².